The predicted molar refractivity (Wildman–Crippen MR) is 86.7 cm³/mol. The molecular weight excluding hydrogens is 308 g/mol. The number of thiocarbonyl (C=S) groups is 1. The average Bonchev–Trinajstić information content (AvgIpc) is 2.65. The molecule has 0 radical (unpaired) electrons. The van der Waals surface area contributed by atoms with E-state index in [9.17, 15) is 13.2 Å². The third-order valence-electron chi connectivity index (χ3n) is 4.74. The van der Waals surface area contributed by atoms with Crippen LogP contribution in [-0.4, -0.2) is 37.4 Å². The van der Waals surface area contributed by atoms with Crippen LogP contribution in [0.1, 0.15) is 44.9 Å². The molecule has 1 unspecified atom stereocenters. The van der Waals surface area contributed by atoms with Crippen LogP contribution >= 0.6 is 12.2 Å². The van der Waals surface area contributed by atoms with Crippen LogP contribution in [0.2, 0.25) is 0 Å². The van der Waals surface area contributed by atoms with Crippen molar-refractivity contribution >= 4 is 33.0 Å². The maximum Gasteiger partial charge on any atom is 0.233 e. The molecule has 2 rings (SSSR count). The fraction of sp³-hybridized carbons (Fsp3) is 0.857. The monoisotopic (exact) mass is 332 g/mol. The van der Waals surface area contributed by atoms with E-state index in [-0.39, 0.29) is 28.3 Å². The largest absolute Gasteiger partial charge is 0.392 e. The van der Waals surface area contributed by atoms with Crippen molar-refractivity contribution < 1.29 is 13.2 Å². The maximum absolute atomic E-state index is 12.6. The minimum atomic E-state index is -2.91. The molecule has 2 fully saturated rings. The quantitative estimate of drug-likeness (QED) is 0.596. The van der Waals surface area contributed by atoms with Crippen molar-refractivity contribution in [3.63, 3.8) is 0 Å². The van der Waals surface area contributed by atoms with Gasteiger partial charge in [0.2, 0.25) is 5.91 Å². The molecule has 7 heteroatoms. The fourth-order valence-electron chi connectivity index (χ4n) is 3.36. The molecule has 0 aromatic carbocycles. The highest BCUT2D eigenvalue weighted by atomic mass is 32.2. The van der Waals surface area contributed by atoms with E-state index >= 15 is 0 Å². The zero-order chi connectivity index (χ0) is 15.5. The van der Waals surface area contributed by atoms with Crippen LogP contribution in [0.25, 0.3) is 0 Å². The van der Waals surface area contributed by atoms with Crippen molar-refractivity contribution in [1.82, 2.24) is 5.32 Å². The Morgan fingerprint density at radius 2 is 1.86 bits per heavy atom. The molecule has 0 aromatic heterocycles. The third-order valence-corrected chi connectivity index (χ3v) is 6.97. The van der Waals surface area contributed by atoms with Gasteiger partial charge in [-0.2, -0.15) is 0 Å². The summed E-state index contributed by atoms with van der Waals surface area (Å²) in [7, 11) is -2.91. The smallest absolute Gasteiger partial charge is 0.233 e. The van der Waals surface area contributed by atoms with Gasteiger partial charge in [0.05, 0.1) is 21.9 Å². The number of hydrogen-bond acceptors (Lipinski definition) is 4. The molecule has 1 amide bonds. The molecule has 1 heterocycles. The van der Waals surface area contributed by atoms with Crippen LogP contribution in [-0.2, 0) is 14.6 Å². The van der Waals surface area contributed by atoms with Gasteiger partial charge in [0.15, 0.2) is 9.84 Å². The summed E-state index contributed by atoms with van der Waals surface area (Å²) in [5, 5.41) is 2.91. The first-order valence-corrected chi connectivity index (χ1v) is 9.87. The number of rotatable bonds is 4. The number of nitrogens with two attached hydrogens (primary N) is 1. The fourth-order valence-corrected chi connectivity index (χ4v) is 5.52. The first-order chi connectivity index (χ1) is 9.86. The lowest BCUT2D eigenvalue weighted by Gasteiger charge is -2.30. The van der Waals surface area contributed by atoms with Crippen molar-refractivity contribution in [3.05, 3.63) is 0 Å². The van der Waals surface area contributed by atoms with Gasteiger partial charge in [0, 0.05) is 6.54 Å². The lowest BCUT2D eigenvalue weighted by molar-refractivity contribution is -0.128. The second-order valence-corrected chi connectivity index (χ2v) is 9.01. The summed E-state index contributed by atoms with van der Waals surface area (Å²) >= 11 is 5.17. The maximum atomic E-state index is 12.6. The van der Waals surface area contributed by atoms with Crippen molar-refractivity contribution in [3.8, 4) is 0 Å². The molecule has 3 N–H and O–H groups in total. The number of sulfone groups is 1. The van der Waals surface area contributed by atoms with Crippen molar-refractivity contribution in [1.29, 1.82) is 0 Å². The van der Waals surface area contributed by atoms with Crippen molar-refractivity contribution in [2.75, 3.05) is 18.1 Å². The van der Waals surface area contributed by atoms with Gasteiger partial charge in [-0.15, -0.1) is 0 Å². The molecule has 1 atom stereocenters. The molecule has 1 aliphatic heterocycles. The van der Waals surface area contributed by atoms with Crippen LogP contribution in [0.4, 0.5) is 0 Å². The molecule has 0 bridgehead atoms. The van der Waals surface area contributed by atoms with Crippen molar-refractivity contribution in [2.45, 2.75) is 44.9 Å². The van der Waals surface area contributed by atoms with Crippen LogP contribution in [0, 0.1) is 11.3 Å². The molecule has 21 heavy (non-hydrogen) atoms. The third kappa shape index (κ3) is 3.94. The molecule has 0 spiro atoms. The first-order valence-electron chi connectivity index (χ1n) is 7.64. The second kappa shape index (κ2) is 6.60. The molecule has 2 aliphatic rings. The summed E-state index contributed by atoms with van der Waals surface area (Å²) < 4.78 is 22.9. The molecule has 120 valence electrons. The highest BCUT2D eigenvalue weighted by molar-refractivity contribution is 7.91. The van der Waals surface area contributed by atoms with E-state index in [1.807, 2.05) is 0 Å². The Morgan fingerprint density at radius 3 is 2.33 bits per heavy atom. The van der Waals surface area contributed by atoms with Gasteiger partial charge in [0.25, 0.3) is 0 Å². The zero-order valence-electron chi connectivity index (χ0n) is 12.3. The SMILES string of the molecule is NC(=S)C1(C(=O)NCC2CCS(=O)(=O)C2)CCCCCC1. The van der Waals surface area contributed by atoms with E-state index in [1.54, 1.807) is 0 Å². The van der Waals surface area contributed by atoms with Gasteiger partial charge in [0.1, 0.15) is 0 Å². The first kappa shape index (κ1) is 16.7. The second-order valence-electron chi connectivity index (χ2n) is 6.34. The lowest BCUT2D eigenvalue weighted by Crippen LogP contribution is -2.49. The van der Waals surface area contributed by atoms with Gasteiger partial charge >= 0.3 is 0 Å². The topological polar surface area (TPSA) is 89.3 Å². The lowest BCUT2D eigenvalue weighted by atomic mass is 9.79. The summed E-state index contributed by atoms with van der Waals surface area (Å²) in [6.07, 6.45) is 6.18. The Balaban J connectivity index is 1.97. The Labute approximate surface area is 132 Å². The Bertz CT molecular complexity index is 508. The number of hydrogen-bond donors (Lipinski definition) is 2. The Hall–Kier alpha value is -0.690. The normalized spacial score (nSPS) is 27.7. The molecule has 1 saturated heterocycles. The molecule has 1 aliphatic carbocycles. The van der Waals surface area contributed by atoms with Gasteiger partial charge in [-0.3, -0.25) is 4.79 Å². The van der Waals surface area contributed by atoms with Crippen LogP contribution in [0.5, 0.6) is 0 Å². The summed E-state index contributed by atoms with van der Waals surface area (Å²) in [5.41, 5.74) is 5.14. The van der Waals surface area contributed by atoms with Crippen molar-refractivity contribution in [2.24, 2.45) is 17.1 Å². The minimum absolute atomic E-state index is 0.0214. The van der Waals surface area contributed by atoms with Crippen LogP contribution < -0.4 is 11.1 Å². The highest BCUT2D eigenvalue weighted by Crippen LogP contribution is 2.36. The average molecular weight is 332 g/mol. The van der Waals surface area contributed by atoms with E-state index in [1.165, 1.54) is 0 Å². The molecule has 1 saturated carbocycles. The summed E-state index contributed by atoms with van der Waals surface area (Å²) in [4.78, 5) is 12.9. The van der Waals surface area contributed by atoms with Crippen LogP contribution in [0.15, 0.2) is 0 Å². The Kier molecular flexibility index (Phi) is 5.24. The minimum Gasteiger partial charge on any atom is -0.392 e. The number of amides is 1. The number of nitrogens with one attached hydrogen (secondary N) is 1. The predicted octanol–water partition coefficient (Wildman–Crippen LogP) is 1.16. The molecular formula is C14H24N2O3S2. The summed E-state index contributed by atoms with van der Waals surface area (Å²) in [6, 6.07) is 0. The van der Waals surface area contributed by atoms with E-state index in [0.717, 1.165) is 25.7 Å². The Morgan fingerprint density at radius 1 is 1.24 bits per heavy atom. The zero-order valence-corrected chi connectivity index (χ0v) is 13.9. The number of carbonyl (C=O) groups is 1. The standard InChI is InChI=1S/C14H24N2O3S2/c15-12(20)14(6-3-1-2-4-7-14)13(17)16-9-11-5-8-21(18,19)10-11/h11H,1-10H2,(H2,15,20)(H,16,17). The van der Waals surface area contributed by atoms with Crippen LogP contribution in [0.3, 0.4) is 0 Å². The van der Waals surface area contributed by atoms with E-state index in [0.29, 0.717) is 25.8 Å². The summed E-state index contributed by atoms with van der Waals surface area (Å²) in [6.45, 7) is 0.405. The van der Waals surface area contributed by atoms with E-state index < -0.39 is 15.3 Å². The summed E-state index contributed by atoms with van der Waals surface area (Å²) in [5.74, 6) is 0.316. The van der Waals surface area contributed by atoms with Gasteiger partial charge in [-0.25, -0.2) is 8.42 Å². The number of carbonyl (C=O) groups excluding carboxylic acids is 1. The molecule has 0 aromatic rings. The van der Waals surface area contributed by atoms with E-state index in [2.05, 4.69) is 5.32 Å². The molecule has 5 nitrogen and oxygen atoms in total. The van der Waals surface area contributed by atoms with Gasteiger partial charge in [-0.05, 0) is 25.2 Å². The van der Waals surface area contributed by atoms with E-state index in [4.69, 9.17) is 18.0 Å². The highest BCUT2D eigenvalue weighted by Gasteiger charge is 2.41. The van der Waals surface area contributed by atoms with Gasteiger partial charge in [-0.1, -0.05) is 37.9 Å². The van der Waals surface area contributed by atoms with Gasteiger partial charge < -0.3 is 11.1 Å².